The van der Waals surface area contributed by atoms with Gasteiger partial charge in [0.05, 0.1) is 39.6 Å². The number of carboxylic acids is 1. The molecule has 0 aliphatic rings. The smallest absolute Gasteiger partial charge is 0.250 e. The van der Waals surface area contributed by atoms with Crippen LogP contribution in [0.3, 0.4) is 0 Å². The van der Waals surface area contributed by atoms with Crippen molar-refractivity contribution in [3.63, 3.8) is 0 Å². The van der Waals surface area contributed by atoms with Gasteiger partial charge >= 0.3 is 0 Å². The molecule has 0 unspecified atom stereocenters. The Morgan fingerprint density at radius 3 is 1.02 bits per heavy atom. The highest BCUT2D eigenvalue weighted by Crippen LogP contribution is 2.51. The molecule has 0 amide bonds. The summed E-state index contributed by atoms with van der Waals surface area (Å²) in [6, 6.07) is 18.9. The second-order valence-electron chi connectivity index (χ2n) is 13.1. The van der Waals surface area contributed by atoms with Crippen molar-refractivity contribution in [1.82, 2.24) is 0 Å². The Balaban J connectivity index is 0.00000188. The molecule has 0 aliphatic carbocycles. The molecule has 0 heterocycles. The van der Waals surface area contributed by atoms with Gasteiger partial charge in [0.1, 0.15) is 22.4 Å². The third kappa shape index (κ3) is 16.7. The fourth-order valence-corrected chi connectivity index (χ4v) is 7.35. The number of aliphatic carboxylic acids is 1. The van der Waals surface area contributed by atoms with Gasteiger partial charge in [-0.05, 0) is 57.1 Å². The molecule has 0 N–H and O–H groups in total. The zero-order chi connectivity index (χ0) is 39.4. The number of benzene rings is 3. The highest BCUT2D eigenvalue weighted by Gasteiger charge is 2.42. The fraction of sp³-hybridized carbons (Fsp3) is 0.578. The van der Waals surface area contributed by atoms with Crippen molar-refractivity contribution in [1.29, 1.82) is 0 Å². The van der Waals surface area contributed by atoms with E-state index >= 15 is 0 Å². The maximum atomic E-state index is 9.26. The minimum atomic E-state index is -0.995. The van der Waals surface area contributed by atoms with E-state index in [4.69, 9.17) is 28.4 Å². The molecule has 9 heteroatoms. The average Bonchev–Trinajstić information content (AvgIpc) is 3.17. The first-order valence-corrected chi connectivity index (χ1v) is 21.7. The van der Waals surface area contributed by atoms with Gasteiger partial charge in [-0.2, -0.15) is 0 Å². The molecule has 54 heavy (non-hydrogen) atoms. The molecule has 302 valence electrons. The summed E-state index contributed by atoms with van der Waals surface area (Å²) in [6.07, 6.45) is 12.2. The number of carbonyl (C=O) groups is 1. The first-order chi connectivity index (χ1) is 26.4. The van der Waals surface area contributed by atoms with Crippen molar-refractivity contribution < 1.29 is 38.3 Å². The van der Waals surface area contributed by atoms with Gasteiger partial charge in [-0.15, -0.1) is 0 Å². The SMILES string of the molecule is CCC(=O)[O-].CCCCOc1cc(OCCCC)c([S+](c2ccccc2)c2c(OCCCC)cc(OCCCC)cc2OCCCC)c(OCCCC)c1. The average molecular weight is 769 g/mol. The Kier molecular flexibility index (Phi) is 24.7. The van der Waals surface area contributed by atoms with Crippen molar-refractivity contribution in [3.05, 3.63) is 54.6 Å². The topological polar surface area (TPSA) is 95.5 Å². The van der Waals surface area contributed by atoms with Crippen molar-refractivity contribution >= 4 is 16.9 Å². The normalized spacial score (nSPS) is 10.7. The molecule has 0 bridgehead atoms. The molecule has 0 aromatic heterocycles. The predicted octanol–water partition coefficient (Wildman–Crippen LogP) is 11.0. The van der Waals surface area contributed by atoms with Gasteiger partial charge in [-0.25, -0.2) is 0 Å². The van der Waals surface area contributed by atoms with Crippen molar-refractivity contribution in [2.75, 3.05) is 39.6 Å². The third-order valence-electron chi connectivity index (χ3n) is 8.22. The minimum absolute atomic E-state index is 0.111. The zero-order valence-corrected chi connectivity index (χ0v) is 35.1. The molecular formula is C45H68O8S. The van der Waals surface area contributed by atoms with Crippen LogP contribution in [0.4, 0.5) is 0 Å². The quantitative estimate of drug-likeness (QED) is 0.0532. The van der Waals surface area contributed by atoms with Crippen LogP contribution in [-0.2, 0) is 15.7 Å². The van der Waals surface area contributed by atoms with Gasteiger partial charge in [0.25, 0.3) is 9.79 Å². The van der Waals surface area contributed by atoms with E-state index in [2.05, 4.69) is 96.1 Å². The van der Waals surface area contributed by atoms with Gasteiger partial charge in [-0.3, -0.25) is 0 Å². The zero-order valence-electron chi connectivity index (χ0n) is 34.3. The Bertz CT molecular complexity index is 1290. The number of hydrogen-bond acceptors (Lipinski definition) is 8. The molecule has 0 saturated heterocycles. The van der Waals surface area contributed by atoms with E-state index in [0.717, 1.165) is 126 Å². The van der Waals surface area contributed by atoms with E-state index in [9.17, 15) is 9.90 Å². The van der Waals surface area contributed by atoms with E-state index in [-0.39, 0.29) is 6.42 Å². The van der Waals surface area contributed by atoms with Crippen LogP contribution in [-0.4, -0.2) is 45.6 Å². The van der Waals surface area contributed by atoms with E-state index in [1.165, 1.54) is 6.92 Å². The van der Waals surface area contributed by atoms with Crippen LogP contribution < -0.4 is 33.5 Å². The van der Waals surface area contributed by atoms with Gasteiger partial charge < -0.3 is 38.3 Å². The van der Waals surface area contributed by atoms with Crippen molar-refractivity contribution in [2.24, 2.45) is 0 Å². The summed E-state index contributed by atoms with van der Waals surface area (Å²) in [5.74, 6) is 3.67. The molecule has 8 nitrogen and oxygen atoms in total. The summed E-state index contributed by atoms with van der Waals surface area (Å²) in [4.78, 5) is 12.4. The van der Waals surface area contributed by atoms with Gasteiger partial charge in [0, 0.05) is 30.2 Å². The second-order valence-corrected chi connectivity index (χ2v) is 15.0. The molecule has 0 atom stereocenters. The Hall–Kier alpha value is -3.72. The summed E-state index contributed by atoms with van der Waals surface area (Å²) in [5, 5.41) is 9.26. The van der Waals surface area contributed by atoms with Crippen LogP contribution >= 0.6 is 0 Å². The van der Waals surface area contributed by atoms with E-state index in [0.29, 0.717) is 39.6 Å². The number of hydrogen-bond donors (Lipinski definition) is 0. The largest absolute Gasteiger partial charge is 0.550 e. The molecule has 0 fully saturated rings. The lowest BCUT2D eigenvalue weighted by molar-refractivity contribution is -0.305. The predicted molar refractivity (Wildman–Crippen MR) is 219 cm³/mol. The lowest BCUT2D eigenvalue weighted by atomic mass is 10.2. The van der Waals surface area contributed by atoms with Crippen LogP contribution in [0.2, 0.25) is 0 Å². The lowest BCUT2D eigenvalue weighted by Gasteiger charge is -2.22. The van der Waals surface area contributed by atoms with Gasteiger partial charge in [0.2, 0.25) is 0 Å². The molecule has 3 aromatic carbocycles. The summed E-state index contributed by atoms with van der Waals surface area (Å²) >= 11 is 0. The van der Waals surface area contributed by atoms with Crippen LogP contribution in [0.15, 0.2) is 69.3 Å². The summed E-state index contributed by atoms with van der Waals surface area (Å²) < 4.78 is 39.4. The van der Waals surface area contributed by atoms with Gasteiger partial charge in [-0.1, -0.05) is 105 Å². The Morgan fingerprint density at radius 2 is 0.759 bits per heavy atom. The monoisotopic (exact) mass is 768 g/mol. The molecule has 0 radical (unpaired) electrons. The Labute approximate surface area is 329 Å². The number of carboxylic acid groups (broad SMARTS) is 1. The second kappa shape index (κ2) is 28.7. The van der Waals surface area contributed by atoms with Crippen LogP contribution in [0.5, 0.6) is 34.5 Å². The number of rotatable bonds is 28. The fourth-order valence-electron chi connectivity index (χ4n) is 4.97. The van der Waals surface area contributed by atoms with Crippen LogP contribution in [0.1, 0.15) is 132 Å². The van der Waals surface area contributed by atoms with E-state index < -0.39 is 16.9 Å². The number of ether oxygens (including phenoxy) is 6. The van der Waals surface area contributed by atoms with E-state index in [1.54, 1.807) is 0 Å². The van der Waals surface area contributed by atoms with Crippen molar-refractivity contribution in [2.45, 2.75) is 147 Å². The molecule has 0 aliphatic heterocycles. The third-order valence-corrected chi connectivity index (χ3v) is 10.6. The summed E-state index contributed by atoms with van der Waals surface area (Å²) in [5.41, 5.74) is 0. The maximum absolute atomic E-state index is 9.26. The highest BCUT2D eigenvalue weighted by atomic mass is 32.2. The van der Waals surface area contributed by atoms with Crippen LogP contribution in [0, 0.1) is 0 Å². The van der Waals surface area contributed by atoms with Gasteiger partial charge in [0.15, 0.2) is 27.9 Å². The van der Waals surface area contributed by atoms with Crippen molar-refractivity contribution in [3.8, 4) is 34.5 Å². The first-order valence-electron chi connectivity index (χ1n) is 20.5. The number of unbranched alkanes of at least 4 members (excludes halogenated alkanes) is 6. The number of carbonyl (C=O) groups excluding carboxylic acids is 1. The highest BCUT2D eigenvalue weighted by molar-refractivity contribution is 7.97. The molecule has 3 rings (SSSR count). The van der Waals surface area contributed by atoms with E-state index in [1.807, 2.05) is 0 Å². The molecule has 3 aromatic rings. The first kappa shape index (κ1) is 46.4. The minimum Gasteiger partial charge on any atom is -0.550 e. The maximum Gasteiger partial charge on any atom is 0.250 e. The molecule has 0 spiro atoms. The standard InChI is InChI=1S/C42H63O6S.C3H6O2/c1-7-13-24-43-34-30-37(45-26-15-9-3)41(38(31-34)46-27-16-10-4)49(36-22-20-19-21-23-36)42-39(47-28-17-11-5)32-35(44-25-14-8-2)33-40(42)48-29-18-12-6;1-2-3(4)5/h19-23,30-33H,7-18,24-29H2,1-6H3;2H2,1H3,(H,4,5)/q+1;/p-1. The summed E-state index contributed by atoms with van der Waals surface area (Å²) in [6.45, 7) is 18.3. The Morgan fingerprint density at radius 1 is 0.481 bits per heavy atom. The molecular weight excluding hydrogens is 701 g/mol. The molecule has 0 saturated carbocycles. The summed E-state index contributed by atoms with van der Waals surface area (Å²) in [7, 11) is -0.725. The lowest BCUT2D eigenvalue weighted by Crippen LogP contribution is -2.19. The van der Waals surface area contributed by atoms with Crippen LogP contribution in [0.25, 0.3) is 0 Å².